The topological polar surface area (TPSA) is 61.6 Å². The lowest BCUT2D eigenvalue weighted by Gasteiger charge is -2.45. The minimum atomic E-state index is -0.0611. The van der Waals surface area contributed by atoms with Gasteiger partial charge >= 0.3 is 0 Å². The maximum Gasteiger partial charge on any atom is 0.233 e. The van der Waals surface area contributed by atoms with Gasteiger partial charge < -0.3 is 0 Å². The van der Waals surface area contributed by atoms with E-state index < -0.39 is 0 Å². The normalized spacial score (nSPS) is 31.1. The second kappa shape index (κ2) is 5.99. The Bertz CT molecular complexity index is 297. The van der Waals surface area contributed by atoms with Crippen LogP contribution in [0.2, 0.25) is 0 Å². The molecule has 1 amide bonds. The molecule has 3 unspecified atom stereocenters. The van der Waals surface area contributed by atoms with Gasteiger partial charge in [0.1, 0.15) is 0 Å². The number of carbonyl (C=O) groups is 1. The number of nitrogens with zero attached hydrogens (tertiary/aromatic N) is 2. The fourth-order valence-corrected chi connectivity index (χ4v) is 3.40. The van der Waals surface area contributed by atoms with E-state index in [-0.39, 0.29) is 5.91 Å². The lowest BCUT2D eigenvalue weighted by atomic mass is 10.0. The zero-order chi connectivity index (χ0) is 13.1. The van der Waals surface area contributed by atoms with E-state index in [9.17, 15) is 4.79 Å². The highest BCUT2D eigenvalue weighted by Gasteiger charge is 2.35. The van der Waals surface area contributed by atoms with E-state index in [0.717, 1.165) is 19.0 Å². The number of amides is 1. The standard InChI is InChI=1S/C13H26N4O/c1-10(5-6-13(18)15-14)17-9-12-4-3-7-16(12)8-11(17)2/h10-12H,3-9,14H2,1-2H3,(H,15,18). The highest BCUT2D eigenvalue weighted by atomic mass is 16.2. The number of nitrogens with one attached hydrogen (secondary N) is 1. The van der Waals surface area contributed by atoms with Gasteiger partial charge in [-0.25, -0.2) is 5.84 Å². The molecule has 0 aromatic carbocycles. The first-order valence-corrected chi connectivity index (χ1v) is 7.11. The molecule has 18 heavy (non-hydrogen) atoms. The molecule has 5 nitrogen and oxygen atoms in total. The van der Waals surface area contributed by atoms with E-state index in [4.69, 9.17) is 5.84 Å². The van der Waals surface area contributed by atoms with Crippen LogP contribution in [0.25, 0.3) is 0 Å². The lowest BCUT2D eigenvalue weighted by Crippen LogP contribution is -2.57. The van der Waals surface area contributed by atoms with Gasteiger partial charge in [-0.2, -0.15) is 0 Å². The Kier molecular flexibility index (Phi) is 4.59. The summed E-state index contributed by atoms with van der Waals surface area (Å²) >= 11 is 0. The van der Waals surface area contributed by atoms with Crippen molar-refractivity contribution < 1.29 is 4.79 Å². The summed E-state index contributed by atoms with van der Waals surface area (Å²) in [5, 5.41) is 0. The maximum atomic E-state index is 11.2. The Morgan fingerprint density at radius 3 is 3.00 bits per heavy atom. The van der Waals surface area contributed by atoms with Crippen LogP contribution in [-0.2, 0) is 4.79 Å². The third kappa shape index (κ3) is 3.02. The van der Waals surface area contributed by atoms with Crippen LogP contribution in [0, 0.1) is 0 Å². The van der Waals surface area contributed by atoms with Gasteiger partial charge in [0.2, 0.25) is 5.91 Å². The molecule has 5 heteroatoms. The number of piperazine rings is 1. The van der Waals surface area contributed by atoms with Gasteiger partial charge in [-0.05, 0) is 39.7 Å². The van der Waals surface area contributed by atoms with Crippen LogP contribution in [0.15, 0.2) is 0 Å². The average molecular weight is 254 g/mol. The number of hydrazine groups is 1. The summed E-state index contributed by atoms with van der Waals surface area (Å²) in [5.74, 6) is 5.05. The van der Waals surface area contributed by atoms with Crippen LogP contribution in [0.1, 0.15) is 39.5 Å². The number of nitrogens with two attached hydrogens (primary N) is 1. The van der Waals surface area contributed by atoms with E-state index in [1.54, 1.807) is 0 Å². The number of fused-ring (bicyclic) bond motifs is 1. The van der Waals surface area contributed by atoms with E-state index in [2.05, 4.69) is 29.1 Å². The van der Waals surface area contributed by atoms with Crippen molar-refractivity contribution >= 4 is 5.91 Å². The molecule has 2 aliphatic rings. The van der Waals surface area contributed by atoms with E-state index >= 15 is 0 Å². The largest absolute Gasteiger partial charge is 0.298 e. The van der Waals surface area contributed by atoms with Gasteiger partial charge in [-0.15, -0.1) is 0 Å². The molecule has 104 valence electrons. The van der Waals surface area contributed by atoms with Crippen molar-refractivity contribution in [1.82, 2.24) is 15.2 Å². The number of hydrogen-bond donors (Lipinski definition) is 2. The molecule has 2 aliphatic heterocycles. The molecule has 2 fully saturated rings. The Morgan fingerprint density at radius 2 is 2.28 bits per heavy atom. The van der Waals surface area contributed by atoms with Gasteiger partial charge in [0.25, 0.3) is 0 Å². The summed E-state index contributed by atoms with van der Waals surface area (Å²) < 4.78 is 0. The Morgan fingerprint density at radius 1 is 1.50 bits per heavy atom. The number of hydrogen-bond acceptors (Lipinski definition) is 4. The summed E-state index contributed by atoms with van der Waals surface area (Å²) in [7, 11) is 0. The molecule has 0 aromatic heterocycles. The molecule has 3 N–H and O–H groups in total. The van der Waals surface area contributed by atoms with Crippen LogP contribution in [0.3, 0.4) is 0 Å². The predicted octanol–water partition coefficient (Wildman–Crippen LogP) is 0.314. The molecule has 0 aromatic rings. The maximum absolute atomic E-state index is 11.2. The van der Waals surface area contributed by atoms with Crippen molar-refractivity contribution in [2.75, 3.05) is 19.6 Å². The second-order valence-electron chi connectivity index (χ2n) is 5.79. The molecule has 2 heterocycles. The van der Waals surface area contributed by atoms with Gasteiger partial charge in [0.15, 0.2) is 0 Å². The zero-order valence-electron chi connectivity index (χ0n) is 11.6. The fourth-order valence-electron chi connectivity index (χ4n) is 3.40. The highest BCUT2D eigenvalue weighted by Crippen LogP contribution is 2.26. The van der Waals surface area contributed by atoms with Crippen molar-refractivity contribution in [2.24, 2.45) is 5.84 Å². The summed E-state index contributed by atoms with van der Waals surface area (Å²) in [5.41, 5.74) is 2.21. The summed E-state index contributed by atoms with van der Waals surface area (Å²) in [6.45, 7) is 8.14. The van der Waals surface area contributed by atoms with Gasteiger partial charge in [-0.1, -0.05) is 0 Å². The monoisotopic (exact) mass is 254 g/mol. The third-order valence-electron chi connectivity index (χ3n) is 4.50. The van der Waals surface area contributed by atoms with Crippen molar-refractivity contribution in [3.63, 3.8) is 0 Å². The second-order valence-corrected chi connectivity index (χ2v) is 5.79. The minimum absolute atomic E-state index is 0.0611. The molecule has 0 bridgehead atoms. The summed E-state index contributed by atoms with van der Waals surface area (Å²) in [6.07, 6.45) is 4.09. The molecule has 0 spiro atoms. The SMILES string of the molecule is CC(CCC(=O)NN)N1CC2CCCN2CC1C. The van der Waals surface area contributed by atoms with Gasteiger partial charge in [-0.3, -0.25) is 20.0 Å². The van der Waals surface area contributed by atoms with Crippen LogP contribution in [0.5, 0.6) is 0 Å². The van der Waals surface area contributed by atoms with Gasteiger partial charge in [0.05, 0.1) is 0 Å². The Balaban J connectivity index is 1.85. The average Bonchev–Trinajstić information content (AvgIpc) is 2.81. The van der Waals surface area contributed by atoms with E-state index in [1.807, 2.05) is 0 Å². The molecular weight excluding hydrogens is 228 g/mol. The first-order chi connectivity index (χ1) is 8.61. The molecular formula is C13H26N4O. The summed E-state index contributed by atoms with van der Waals surface area (Å²) in [4.78, 5) is 16.4. The highest BCUT2D eigenvalue weighted by molar-refractivity contribution is 5.75. The quantitative estimate of drug-likeness (QED) is 0.431. The predicted molar refractivity (Wildman–Crippen MR) is 71.8 cm³/mol. The van der Waals surface area contributed by atoms with Crippen LogP contribution in [0.4, 0.5) is 0 Å². The summed E-state index contributed by atoms with van der Waals surface area (Å²) in [6, 6.07) is 1.79. The number of carbonyl (C=O) groups excluding carboxylic acids is 1. The Labute approximate surface area is 110 Å². The Hall–Kier alpha value is -0.650. The van der Waals surface area contributed by atoms with Gasteiger partial charge in [0, 0.05) is 37.6 Å². The molecule has 2 saturated heterocycles. The van der Waals surface area contributed by atoms with Crippen molar-refractivity contribution in [3.05, 3.63) is 0 Å². The van der Waals surface area contributed by atoms with Crippen LogP contribution >= 0.6 is 0 Å². The molecule has 0 saturated carbocycles. The molecule has 3 atom stereocenters. The smallest absolute Gasteiger partial charge is 0.233 e. The van der Waals surface area contributed by atoms with E-state index in [0.29, 0.717) is 18.5 Å². The van der Waals surface area contributed by atoms with Crippen molar-refractivity contribution in [2.45, 2.75) is 57.7 Å². The molecule has 2 rings (SSSR count). The van der Waals surface area contributed by atoms with Crippen molar-refractivity contribution in [3.8, 4) is 0 Å². The molecule has 0 radical (unpaired) electrons. The van der Waals surface area contributed by atoms with E-state index in [1.165, 1.54) is 25.9 Å². The fraction of sp³-hybridized carbons (Fsp3) is 0.923. The third-order valence-corrected chi connectivity index (χ3v) is 4.50. The minimum Gasteiger partial charge on any atom is -0.298 e. The van der Waals surface area contributed by atoms with Crippen molar-refractivity contribution in [1.29, 1.82) is 0 Å². The van der Waals surface area contributed by atoms with Crippen LogP contribution in [-0.4, -0.2) is 53.5 Å². The first kappa shape index (κ1) is 13.8. The number of rotatable bonds is 4. The molecule has 0 aliphatic carbocycles. The zero-order valence-corrected chi connectivity index (χ0v) is 11.6. The first-order valence-electron chi connectivity index (χ1n) is 7.11. The van der Waals surface area contributed by atoms with Crippen LogP contribution < -0.4 is 11.3 Å². The lowest BCUT2D eigenvalue weighted by molar-refractivity contribution is -0.121.